The number of halogens is 2. The first-order chi connectivity index (χ1) is 8.45. The molecule has 0 unspecified atom stereocenters. The highest BCUT2D eigenvalue weighted by molar-refractivity contribution is 6.33. The lowest BCUT2D eigenvalue weighted by atomic mass is 10.0. The average molecular weight is 286 g/mol. The van der Waals surface area contributed by atoms with Gasteiger partial charge in [-0.1, -0.05) is 40.5 Å². The summed E-state index contributed by atoms with van der Waals surface area (Å²) in [7, 11) is 1.60. The molecule has 0 saturated carbocycles. The monoisotopic (exact) mass is 285 g/mol. The molecule has 18 heavy (non-hydrogen) atoms. The van der Waals surface area contributed by atoms with Gasteiger partial charge in [0.05, 0.1) is 0 Å². The first-order valence-corrected chi connectivity index (χ1v) is 6.18. The van der Waals surface area contributed by atoms with Crippen LogP contribution in [0, 0.1) is 0 Å². The highest BCUT2D eigenvalue weighted by Gasteiger charge is 2.30. The molecule has 0 spiro atoms. The number of ether oxygens (including phenoxy) is 1. The molecule has 0 amide bonds. The Morgan fingerprint density at radius 3 is 2.33 bits per heavy atom. The predicted molar refractivity (Wildman–Crippen MR) is 72.0 cm³/mol. The van der Waals surface area contributed by atoms with Crippen LogP contribution in [0.25, 0.3) is 11.3 Å². The minimum absolute atomic E-state index is 0.462. The van der Waals surface area contributed by atoms with Gasteiger partial charge < -0.3 is 9.26 Å². The van der Waals surface area contributed by atoms with Crippen LogP contribution in [0.3, 0.4) is 0 Å². The van der Waals surface area contributed by atoms with Crippen LogP contribution >= 0.6 is 23.2 Å². The van der Waals surface area contributed by atoms with Gasteiger partial charge in [0.1, 0.15) is 16.3 Å². The first kappa shape index (κ1) is 13.4. The second-order valence-electron chi connectivity index (χ2n) is 4.40. The average Bonchev–Trinajstić information content (AvgIpc) is 2.73. The lowest BCUT2D eigenvalue weighted by Crippen LogP contribution is -2.18. The largest absolute Gasteiger partial charge is 0.371 e. The van der Waals surface area contributed by atoms with E-state index in [2.05, 4.69) is 5.16 Å². The van der Waals surface area contributed by atoms with Crippen molar-refractivity contribution in [1.29, 1.82) is 0 Å². The molecule has 0 radical (unpaired) electrons. The third-order valence-corrected chi connectivity index (χ3v) is 3.41. The zero-order chi connectivity index (χ0) is 13.3. The summed E-state index contributed by atoms with van der Waals surface area (Å²) in [5.74, 6) is 0.511. The van der Waals surface area contributed by atoms with E-state index in [-0.39, 0.29) is 0 Å². The van der Waals surface area contributed by atoms with Crippen LogP contribution in [-0.4, -0.2) is 12.3 Å². The highest BCUT2D eigenvalue weighted by atomic mass is 35.5. The molecule has 0 N–H and O–H groups in total. The van der Waals surface area contributed by atoms with Gasteiger partial charge in [-0.3, -0.25) is 0 Å². The van der Waals surface area contributed by atoms with Crippen LogP contribution in [0.4, 0.5) is 0 Å². The summed E-state index contributed by atoms with van der Waals surface area (Å²) < 4.78 is 10.6. The second kappa shape index (κ2) is 4.92. The van der Waals surface area contributed by atoms with E-state index in [1.54, 1.807) is 19.2 Å². The zero-order valence-electron chi connectivity index (χ0n) is 10.3. The van der Waals surface area contributed by atoms with Crippen LogP contribution in [0.2, 0.25) is 10.0 Å². The number of nitrogens with zero attached hydrogens (tertiary/aromatic N) is 1. The highest BCUT2D eigenvalue weighted by Crippen LogP contribution is 2.37. The lowest BCUT2D eigenvalue weighted by Gasteiger charge is -2.19. The number of benzene rings is 1. The summed E-state index contributed by atoms with van der Waals surface area (Å²) in [6.07, 6.45) is 0. The van der Waals surface area contributed by atoms with E-state index in [1.165, 1.54) is 0 Å². The Balaban J connectivity index is 2.46. The summed E-state index contributed by atoms with van der Waals surface area (Å²) >= 11 is 12.1. The van der Waals surface area contributed by atoms with Gasteiger partial charge in [0.2, 0.25) is 0 Å². The fourth-order valence-electron chi connectivity index (χ4n) is 1.53. The van der Waals surface area contributed by atoms with Gasteiger partial charge >= 0.3 is 0 Å². The number of methoxy groups -OCH3 is 1. The molecule has 2 rings (SSSR count). The summed E-state index contributed by atoms with van der Waals surface area (Å²) in [6.45, 7) is 3.73. The smallest absolute Gasteiger partial charge is 0.187 e. The molecule has 1 heterocycles. The van der Waals surface area contributed by atoms with E-state index in [1.807, 2.05) is 26.0 Å². The molecule has 0 aliphatic rings. The quantitative estimate of drug-likeness (QED) is 0.831. The van der Waals surface area contributed by atoms with Crippen molar-refractivity contribution in [1.82, 2.24) is 5.16 Å². The maximum absolute atomic E-state index is 6.29. The van der Waals surface area contributed by atoms with Gasteiger partial charge in [0.25, 0.3) is 0 Å². The summed E-state index contributed by atoms with van der Waals surface area (Å²) in [5, 5.41) is 5.12. The Labute approximate surface area is 116 Å². The van der Waals surface area contributed by atoms with Crippen molar-refractivity contribution in [2.75, 3.05) is 7.11 Å². The Kier molecular flexibility index (Phi) is 3.66. The maximum atomic E-state index is 6.29. The van der Waals surface area contributed by atoms with E-state index in [0.29, 0.717) is 21.5 Å². The van der Waals surface area contributed by atoms with Crippen LogP contribution in [0.5, 0.6) is 0 Å². The van der Waals surface area contributed by atoms with Gasteiger partial charge in [0.15, 0.2) is 5.76 Å². The number of rotatable bonds is 3. The molecule has 96 valence electrons. The van der Waals surface area contributed by atoms with Crippen molar-refractivity contribution < 1.29 is 9.26 Å². The number of aromatic nitrogens is 1. The normalized spacial score (nSPS) is 11.8. The summed E-state index contributed by atoms with van der Waals surface area (Å²) in [6, 6.07) is 7.25. The molecule has 0 saturated heterocycles. The van der Waals surface area contributed by atoms with Crippen LogP contribution < -0.4 is 0 Å². The van der Waals surface area contributed by atoms with Crippen molar-refractivity contribution in [3.05, 3.63) is 40.1 Å². The molecule has 1 aromatic carbocycles. The van der Waals surface area contributed by atoms with Crippen LogP contribution in [0.1, 0.15) is 19.6 Å². The molecule has 0 bridgehead atoms. The molecule has 0 fully saturated rings. The van der Waals surface area contributed by atoms with Gasteiger partial charge in [-0.15, -0.1) is 0 Å². The molecular weight excluding hydrogens is 273 g/mol. The molecule has 5 heteroatoms. The fraction of sp³-hybridized carbons (Fsp3) is 0.308. The molecule has 0 aliphatic heterocycles. The third-order valence-electron chi connectivity index (χ3n) is 2.81. The van der Waals surface area contributed by atoms with E-state index in [0.717, 1.165) is 5.56 Å². The Morgan fingerprint density at radius 2 is 1.78 bits per heavy atom. The standard InChI is InChI=1S/C13H13Cl2NO2/c1-13(2,17-3)12-10(15)11(16-18-12)8-4-6-9(14)7-5-8/h4-7H,1-3H3. The molecule has 1 aromatic heterocycles. The number of hydrogen-bond donors (Lipinski definition) is 0. The number of hydrogen-bond acceptors (Lipinski definition) is 3. The third kappa shape index (κ3) is 2.39. The predicted octanol–water partition coefficient (Wildman–Crippen LogP) is 4.53. The van der Waals surface area contributed by atoms with Gasteiger partial charge in [-0.2, -0.15) is 0 Å². The van der Waals surface area contributed by atoms with E-state index < -0.39 is 5.60 Å². The minimum Gasteiger partial charge on any atom is -0.371 e. The SMILES string of the molecule is COC(C)(C)c1onc(-c2ccc(Cl)cc2)c1Cl. The fourth-order valence-corrected chi connectivity index (χ4v) is 2.06. The Hall–Kier alpha value is -1.03. The van der Waals surface area contributed by atoms with Crippen molar-refractivity contribution in [2.24, 2.45) is 0 Å². The lowest BCUT2D eigenvalue weighted by molar-refractivity contribution is -0.00334. The van der Waals surface area contributed by atoms with Gasteiger partial charge in [-0.05, 0) is 26.0 Å². The van der Waals surface area contributed by atoms with E-state index in [9.17, 15) is 0 Å². The molecular formula is C13H13Cl2NO2. The zero-order valence-corrected chi connectivity index (χ0v) is 11.8. The van der Waals surface area contributed by atoms with Gasteiger partial charge in [-0.25, -0.2) is 0 Å². The molecule has 0 aliphatic carbocycles. The van der Waals surface area contributed by atoms with Crippen molar-refractivity contribution in [2.45, 2.75) is 19.4 Å². The summed E-state index contributed by atoms with van der Waals surface area (Å²) in [4.78, 5) is 0. The van der Waals surface area contributed by atoms with Gasteiger partial charge in [0, 0.05) is 17.7 Å². The van der Waals surface area contributed by atoms with E-state index >= 15 is 0 Å². The molecule has 2 aromatic rings. The first-order valence-electron chi connectivity index (χ1n) is 5.42. The van der Waals surface area contributed by atoms with Crippen molar-refractivity contribution >= 4 is 23.2 Å². The Bertz CT molecular complexity index is 547. The second-order valence-corrected chi connectivity index (χ2v) is 5.21. The maximum Gasteiger partial charge on any atom is 0.187 e. The molecule has 3 nitrogen and oxygen atoms in total. The molecule has 0 atom stereocenters. The summed E-state index contributed by atoms with van der Waals surface area (Å²) in [5.41, 5.74) is 0.828. The van der Waals surface area contributed by atoms with Crippen molar-refractivity contribution in [3.63, 3.8) is 0 Å². The Morgan fingerprint density at radius 1 is 1.17 bits per heavy atom. The van der Waals surface area contributed by atoms with Crippen LogP contribution in [0.15, 0.2) is 28.8 Å². The van der Waals surface area contributed by atoms with Crippen molar-refractivity contribution in [3.8, 4) is 11.3 Å². The minimum atomic E-state index is -0.616. The topological polar surface area (TPSA) is 35.3 Å². The van der Waals surface area contributed by atoms with E-state index in [4.69, 9.17) is 32.5 Å². The van der Waals surface area contributed by atoms with Crippen LogP contribution in [-0.2, 0) is 10.3 Å².